The van der Waals surface area contributed by atoms with Crippen molar-refractivity contribution in [1.82, 2.24) is 25.1 Å². The third kappa shape index (κ3) is 1.96. The second-order valence-electron chi connectivity index (χ2n) is 3.05. The number of nitrogens with one attached hydrogen (secondary N) is 3. The molecule has 7 heteroatoms. The monoisotopic (exact) mass is 208 g/mol. The molecule has 2 aromatic heterocycles. The van der Waals surface area contributed by atoms with Gasteiger partial charge in [-0.05, 0) is 19.2 Å². The fraction of sp³-hybridized carbons (Fsp3) is 0.375. The topological polar surface area (TPSA) is 87.1 Å². The summed E-state index contributed by atoms with van der Waals surface area (Å²) in [7, 11) is 1.87. The highest BCUT2D eigenvalue weighted by Crippen LogP contribution is 2.01. The van der Waals surface area contributed by atoms with E-state index in [0.717, 1.165) is 13.1 Å². The van der Waals surface area contributed by atoms with Gasteiger partial charge in [0.1, 0.15) is 5.82 Å². The normalized spacial score (nSPS) is 10.7. The van der Waals surface area contributed by atoms with Crippen LogP contribution in [0.4, 0.5) is 5.82 Å². The lowest BCUT2D eigenvalue weighted by Gasteiger charge is -2.03. The van der Waals surface area contributed by atoms with E-state index in [0.29, 0.717) is 11.5 Å². The number of fused-ring (bicyclic) bond motifs is 1. The Hall–Kier alpha value is -1.89. The first-order chi connectivity index (χ1) is 7.31. The van der Waals surface area contributed by atoms with Crippen LogP contribution in [0.2, 0.25) is 0 Å². The second kappa shape index (κ2) is 4.09. The van der Waals surface area contributed by atoms with Crippen LogP contribution in [0.5, 0.6) is 0 Å². The summed E-state index contributed by atoms with van der Waals surface area (Å²) in [5, 5.41) is 16.3. The number of rotatable bonds is 4. The molecule has 2 aromatic rings. The van der Waals surface area contributed by atoms with Crippen molar-refractivity contribution in [2.45, 2.75) is 0 Å². The highest BCUT2D eigenvalue weighted by Gasteiger charge is 2.01. The summed E-state index contributed by atoms with van der Waals surface area (Å²) in [5.74, 6) is 0.654. The van der Waals surface area contributed by atoms with Gasteiger partial charge < -0.3 is 10.6 Å². The van der Waals surface area contributed by atoms with Crippen LogP contribution in [-0.2, 0) is 0 Å². The van der Waals surface area contributed by atoms with Gasteiger partial charge in [-0.25, -0.2) is 9.89 Å². The van der Waals surface area contributed by atoms with Crippen LogP contribution in [-0.4, -0.2) is 39.9 Å². The van der Waals surface area contributed by atoms with Gasteiger partial charge in [-0.2, -0.15) is 9.61 Å². The van der Waals surface area contributed by atoms with E-state index >= 15 is 0 Å². The summed E-state index contributed by atoms with van der Waals surface area (Å²) in [6.45, 7) is 1.58. The molecule has 0 saturated heterocycles. The Kier molecular flexibility index (Phi) is 2.64. The molecule has 0 aliphatic heterocycles. The number of aromatic amines is 1. The largest absolute Gasteiger partial charge is 0.367 e. The molecule has 3 N–H and O–H groups in total. The SMILES string of the molecule is CNCCNc1ccc2n[nH]c(=O)n2n1. The molecule has 0 aliphatic carbocycles. The summed E-state index contributed by atoms with van der Waals surface area (Å²) in [6.07, 6.45) is 0. The third-order valence-electron chi connectivity index (χ3n) is 1.95. The summed E-state index contributed by atoms with van der Waals surface area (Å²) in [5.41, 5.74) is 0.182. The van der Waals surface area contributed by atoms with Crippen LogP contribution in [0.25, 0.3) is 5.65 Å². The smallest absolute Gasteiger partial charge is 0.364 e. The van der Waals surface area contributed by atoms with Gasteiger partial charge in [-0.1, -0.05) is 0 Å². The molecule has 0 spiro atoms. The molecule has 0 radical (unpaired) electrons. The average Bonchev–Trinajstić information content (AvgIpc) is 2.61. The standard InChI is InChI=1S/C8H12N6O/c1-9-4-5-10-6-2-3-7-11-12-8(15)14(7)13-6/h2-3,9H,4-5H2,1H3,(H,10,13)(H,12,15). The maximum Gasteiger partial charge on any atom is 0.364 e. The first-order valence-electron chi connectivity index (χ1n) is 4.64. The molecule has 80 valence electrons. The van der Waals surface area contributed by atoms with E-state index in [9.17, 15) is 4.79 Å². The summed E-state index contributed by atoms with van der Waals surface area (Å²) in [4.78, 5) is 11.2. The number of aromatic nitrogens is 4. The Labute approximate surface area is 85.5 Å². The van der Waals surface area contributed by atoms with E-state index < -0.39 is 0 Å². The molecule has 0 aliphatic rings. The molecule has 0 amide bonds. The van der Waals surface area contributed by atoms with E-state index in [1.807, 2.05) is 7.05 Å². The number of likely N-dealkylation sites (N-methyl/N-ethyl adjacent to an activating group) is 1. The third-order valence-corrected chi connectivity index (χ3v) is 1.95. The molecular formula is C8H12N6O. The van der Waals surface area contributed by atoms with Crippen LogP contribution in [0.1, 0.15) is 0 Å². The van der Waals surface area contributed by atoms with Crippen LogP contribution in [0, 0.1) is 0 Å². The van der Waals surface area contributed by atoms with Crippen molar-refractivity contribution in [2.75, 3.05) is 25.5 Å². The Morgan fingerprint density at radius 2 is 2.33 bits per heavy atom. The minimum atomic E-state index is -0.331. The molecule has 7 nitrogen and oxygen atoms in total. The molecule has 0 bridgehead atoms. The van der Waals surface area contributed by atoms with Gasteiger partial charge >= 0.3 is 5.69 Å². The van der Waals surface area contributed by atoms with Crippen LogP contribution in [0.15, 0.2) is 16.9 Å². The maximum atomic E-state index is 11.2. The molecule has 15 heavy (non-hydrogen) atoms. The van der Waals surface area contributed by atoms with Crippen molar-refractivity contribution < 1.29 is 0 Å². The zero-order valence-corrected chi connectivity index (χ0v) is 8.32. The Balaban J connectivity index is 2.22. The highest BCUT2D eigenvalue weighted by atomic mass is 16.2. The number of H-pyrrole nitrogens is 1. The van der Waals surface area contributed by atoms with Crippen LogP contribution in [0.3, 0.4) is 0 Å². The predicted octanol–water partition coefficient (Wildman–Crippen LogP) is -0.951. The molecule has 0 unspecified atom stereocenters. The van der Waals surface area contributed by atoms with Crippen LogP contribution < -0.4 is 16.3 Å². The molecule has 2 rings (SSSR count). The predicted molar refractivity (Wildman–Crippen MR) is 56.0 cm³/mol. The zero-order valence-electron chi connectivity index (χ0n) is 8.32. The van der Waals surface area contributed by atoms with Gasteiger partial charge in [0, 0.05) is 13.1 Å². The van der Waals surface area contributed by atoms with E-state index in [1.54, 1.807) is 12.1 Å². The minimum absolute atomic E-state index is 0.331. The Bertz CT molecular complexity index is 501. The van der Waals surface area contributed by atoms with Gasteiger partial charge in [-0.3, -0.25) is 0 Å². The Morgan fingerprint density at radius 3 is 3.13 bits per heavy atom. The second-order valence-corrected chi connectivity index (χ2v) is 3.05. The fourth-order valence-corrected chi connectivity index (χ4v) is 1.21. The lowest BCUT2D eigenvalue weighted by molar-refractivity contribution is 0.811. The van der Waals surface area contributed by atoms with Crippen molar-refractivity contribution in [3.8, 4) is 0 Å². The lowest BCUT2D eigenvalue weighted by Crippen LogP contribution is -2.19. The van der Waals surface area contributed by atoms with Gasteiger partial charge in [0.05, 0.1) is 0 Å². The number of nitrogens with zero attached hydrogens (tertiary/aromatic N) is 3. The van der Waals surface area contributed by atoms with Gasteiger partial charge in [0.25, 0.3) is 0 Å². The number of hydrogen-bond donors (Lipinski definition) is 3. The van der Waals surface area contributed by atoms with E-state index in [4.69, 9.17) is 0 Å². The molecule has 0 fully saturated rings. The first-order valence-corrected chi connectivity index (χ1v) is 4.64. The number of hydrogen-bond acceptors (Lipinski definition) is 5. The van der Waals surface area contributed by atoms with Crippen molar-refractivity contribution in [2.24, 2.45) is 0 Å². The summed E-state index contributed by atoms with van der Waals surface area (Å²) in [6, 6.07) is 3.51. The molecular weight excluding hydrogens is 196 g/mol. The molecule has 0 saturated carbocycles. The van der Waals surface area contributed by atoms with Crippen molar-refractivity contribution in [3.63, 3.8) is 0 Å². The maximum absolute atomic E-state index is 11.2. The fourth-order valence-electron chi connectivity index (χ4n) is 1.21. The van der Waals surface area contributed by atoms with Gasteiger partial charge in [0.2, 0.25) is 0 Å². The highest BCUT2D eigenvalue weighted by molar-refractivity contribution is 5.42. The molecule has 0 aromatic carbocycles. The molecule has 0 atom stereocenters. The molecule has 2 heterocycles. The number of anilines is 1. The minimum Gasteiger partial charge on any atom is -0.367 e. The average molecular weight is 208 g/mol. The Morgan fingerprint density at radius 1 is 1.47 bits per heavy atom. The van der Waals surface area contributed by atoms with Crippen molar-refractivity contribution >= 4 is 11.5 Å². The van der Waals surface area contributed by atoms with Crippen molar-refractivity contribution in [3.05, 3.63) is 22.6 Å². The van der Waals surface area contributed by atoms with Crippen LogP contribution >= 0.6 is 0 Å². The van der Waals surface area contributed by atoms with Crippen molar-refractivity contribution in [1.29, 1.82) is 0 Å². The van der Waals surface area contributed by atoms with Gasteiger partial charge in [-0.15, -0.1) is 5.10 Å². The summed E-state index contributed by atoms with van der Waals surface area (Å²) >= 11 is 0. The summed E-state index contributed by atoms with van der Waals surface area (Å²) < 4.78 is 1.22. The quantitative estimate of drug-likeness (QED) is 0.564. The van der Waals surface area contributed by atoms with E-state index in [1.165, 1.54) is 4.52 Å². The lowest BCUT2D eigenvalue weighted by atomic mass is 10.5. The zero-order chi connectivity index (χ0) is 10.7. The van der Waals surface area contributed by atoms with E-state index in [-0.39, 0.29) is 5.69 Å². The van der Waals surface area contributed by atoms with E-state index in [2.05, 4.69) is 25.9 Å². The first kappa shape index (κ1) is 9.66. The van der Waals surface area contributed by atoms with Gasteiger partial charge in [0.15, 0.2) is 5.65 Å².